The highest BCUT2D eigenvalue weighted by molar-refractivity contribution is 5.76. The monoisotopic (exact) mass is 456 g/mol. The van der Waals surface area contributed by atoms with E-state index in [4.69, 9.17) is 0 Å². The summed E-state index contributed by atoms with van der Waals surface area (Å²) < 4.78 is 0. The molecule has 3 nitrogen and oxygen atoms in total. The molecule has 0 aromatic heterocycles. The molecule has 5 aliphatic rings. The van der Waals surface area contributed by atoms with Gasteiger partial charge in [-0.2, -0.15) is 0 Å². The first kappa shape index (κ1) is 23.9. The molecule has 0 bridgehead atoms. The number of fused-ring (bicyclic) bond motifs is 7. The smallest absolute Gasteiger partial charge is 0.309 e. The number of carboxylic acid groups (broad SMARTS) is 1. The standard InChI is InChI=1S/C30H48O3/c1-18(2)19-10-15-30(25(32)33)17-16-28(6)20(24(19)30)8-9-22-27(5)13-12-23(31)26(3,4)21(27)11-14-29(22,28)7/h19-24,31H,1,8-17H2,2-7H3,(H,32,33)/t19-,20+,21+,22-,23+,24+,27-,28+,29+,30-/m1/s1. The Balaban J connectivity index is 1.57. The summed E-state index contributed by atoms with van der Waals surface area (Å²) in [7, 11) is 0. The zero-order chi connectivity index (χ0) is 24.2. The second-order valence-corrected chi connectivity index (χ2v) is 14.5. The minimum absolute atomic E-state index is 0.0202. The fourth-order valence-corrected chi connectivity index (χ4v) is 11.5. The Morgan fingerprint density at radius 1 is 0.818 bits per heavy atom. The van der Waals surface area contributed by atoms with E-state index in [1.807, 2.05) is 0 Å². The van der Waals surface area contributed by atoms with Crippen LogP contribution in [0.15, 0.2) is 12.2 Å². The second kappa shape index (κ2) is 7.11. The molecule has 5 fully saturated rings. The van der Waals surface area contributed by atoms with Gasteiger partial charge in [-0.05, 0) is 122 Å². The third-order valence-corrected chi connectivity index (χ3v) is 13.5. The Bertz CT molecular complexity index is 861. The molecule has 0 unspecified atom stereocenters. The minimum atomic E-state index is -0.538. The van der Waals surface area contributed by atoms with Crippen LogP contribution in [-0.2, 0) is 4.79 Å². The summed E-state index contributed by atoms with van der Waals surface area (Å²) in [6.07, 6.45) is 10.5. The third kappa shape index (κ3) is 2.75. The summed E-state index contributed by atoms with van der Waals surface area (Å²) in [5, 5.41) is 21.4. The Morgan fingerprint density at radius 2 is 1.52 bits per heavy atom. The Hall–Kier alpha value is -0.830. The first-order chi connectivity index (χ1) is 15.3. The van der Waals surface area contributed by atoms with E-state index in [1.165, 1.54) is 31.3 Å². The van der Waals surface area contributed by atoms with Gasteiger partial charge in [-0.3, -0.25) is 4.79 Å². The van der Waals surface area contributed by atoms with Gasteiger partial charge in [0.1, 0.15) is 0 Å². The molecular weight excluding hydrogens is 408 g/mol. The molecule has 186 valence electrons. The number of carboxylic acids is 1. The minimum Gasteiger partial charge on any atom is -0.481 e. The molecule has 0 aromatic rings. The summed E-state index contributed by atoms with van der Waals surface area (Å²) in [6, 6.07) is 0. The zero-order valence-corrected chi connectivity index (χ0v) is 22.0. The van der Waals surface area contributed by atoms with Crippen molar-refractivity contribution in [3.05, 3.63) is 12.2 Å². The van der Waals surface area contributed by atoms with Crippen LogP contribution in [-0.4, -0.2) is 22.3 Å². The van der Waals surface area contributed by atoms with Crippen LogP contribution in [0.3, 0.4) is 0 Å². The van der Waals surface area contributed by atoms with Crippen LogP contribution in [0.1, 0.15) is 106 Å². The van der Waals surface area contributed by atoms with Crippen molar-refractivity contribution in [1.29, 1.82) is 0 Å². The Morgan fingerprint density at radius 3 is 2.15 bits per heavy atom. The van der Waals surface area contributed by atoms with Gasteiger partial charge in [0.25, 0.3) is 0 Å². The number of carbonyl (C=O) groups is 1. The summed E-state index contributed by atoms with van der Waals surface area (Å²) in [6.45, 7) is 18.8. The molecule has 10 atom stereocenters. The molecule has 0 amide bonds. The number of aliphatic carboxylic acids is 1. The number of aliphatic hydroxyl groups is 1. The fourth-order valence-electron chi connectivity index (χ4n) is 11.5. The van der Waals surface area contributed by atoms with Crippen molar-refractivity contribution < 1.29 is 15.0 Å². The average Bonchev–Trinajstić information content (AvgIpc) is 3.13. The number of rotatable bonds is 2. The van der Waals surface area contributed by atoms with Crippen molar-refractivity contribution in [2.75, 3.05) is 0 Å². The Kier molecular flexibility index (Phi) is 5.15. The maximum Gasteiger partial charge on any atom is 0.309 e. The van der Waals surface area contributed by atoms with E-state index in [0.717, 1.165) is 38.5 Å². The van der Waals surface area contributed by atoms with E-state index < -0.39 is 11.4 Å². The van der Waals surface area contributed by atoms with Crippen LogP contribution in [0, 0.1) is 56.7 Å². The van der Waals surface area contributed by atoms with Gasteiger partial charge in [0.2, 0.25) is 0 Å². The van der Waals surface area contributed by atoms with E-state index in [0.29, 0.717) is 23.7 Å². The number of allylic oxidation sites excluding steroid dienone is 1. The predicted octanol–water partition coefficient (Wildman–Crippen LogP) is 7.09. The lowest BCUT2D eigenvalue weighted by Gasteiger charge is -2.72. The molecule has 2 N–H and O–H groups in total. The molecule has 0 radical (unpaired) electrons. The summed E-state index contributed by atoms with van der Waals surface area (Å²) in [5.41, 5.74) is 1.35. The van der Waals surface area contributed by atoms with Crippen molar-refractivity contribution >= 4 is 5.97 Å². The highest BCUT2D eigenvalue weighted by atomic mass is 16.4. The van der Waals surface area contributed by atoms with Gasteiger partial charge in [-0.1, -0.05) is 46.8 Å². The molecule has 0 aromatic carbocycles. The normalized spacial score (nSPS) is 55.0. The first-order valence-electron chi connectivity index (χ1n) is 13.8. The maximum absolute atomic E-state index is 12.8. The molecule has 5 rings (SSSR count). The van der Waals surface area contributed by atoms with Crippen molar-refractivity contribution in [2.45, 2.75) is 112 Å². The second-order valence-electron chi connectivity index (χ2n) is 14.5. The number of aliphatic hydroxyl groups excluding tert-OH is 1. The van der Waals surface area contributed by atoms with E-state index in [-0.39, 0.29) is 33.7 Å². The topological polar surface area (TPSA) is 57.5 Å². The zero-order valence-electron chi connectivity index (χ0n) is 22.0. The van der Waals surface area contributed by atoms with Crippen LogP contribution in [0.25, 0.3) is 0 Å². The van der Waals surface area contributed by atoms with Crippen LogP contribution in [0.4, 0.5) is 0 Å². The average molecular weight is 457 g/mol. The largest absolute Gasteiger partial charge is 0.481 e. The van der Waals surface area contributed by atoms with E-state index >= 15 is 0 Å². The van der Waals surface area contributed by atoms with Gasteiger partial charge in [0, 0.05) is 0 Å². The summed E-state index contributed by atoms with van der Waals surface area (Å²) in [4.78, 5) is 12.8. The van der Waals surface area contributed by atoms with Crippen molar-refractivity contribution in [3.63, 3.8) is 0 Å². The molecule has 0 aliphatic heterocycles. The molecule has 5 aliphatic carbocycles. The summed E-state index contributed by atoms with van der Waals surface area (Å²) in [5.74, 6) is 1.79. The molecule has 0 saturated heterocycles. The first-order valence-corrected chi connectivity index (χ1v) is 13.8. The maximum atomic E-state index is 12.8. The van der Waals surface area contributed by atoms with Crippen LogP contribution >= 0.6 is 0 Å². The molecular formula is C30H48O3. The SMILES string of the molecule is C=C(C)[C@H]1CC[C@@]2(C(=O)O)CC[C@@]3(C)[C@@H](CC[C@@H]4[C@]5(C)CC[C@H](O)C(C)(C)[C@@H]5CC[C@@]43C)[C@H]12. The van der Waals surface area contributed by atoms with Crippen LogP contribution in [0.2, 0.25) is 0 Å². The van der Waals surface area contributed by atoms with E-state index in [1.54, 1.807) is 0 Å². The molecule has 33 heavy (non-hydrogen) atoms. The number of hydrogen-bond donors (Lipinski definition) is 2. The Labute approximate surface area is 201 Å². The van der Waals surface area contributed by atoms with Gasteiger partial charge in [0.05, 0.1) is 11.5 Å². The van der Waals surface area contributed by atoms with Gasteiger partial charge in [0.15, 0.2) is 0 Å². The molecule has 0 spiro atoms. The van der Waals surface area contributed by atoms with Crippen molar-refractivity contribution in [3.8, 4) is 0 Å². The quantitative estimate of drug-likeness (QED) is 0.436. The lowest BCUT2D eigenvalue weighted by atomic mass is 9.32. The highest BCUT2D eigenvalue weighted by Gasteiger charge is 2.71. The third-order valence-electron chi connectivity index (χ3n) is 13.5. The van der Waals surface area contributed by atoms with Crippen LogP contribution in [0.5, 0.6) is 0 Å². The molecule has 0 heterocycles. The summed E-state index contributed by atoms with van der Waals surface area (Å²) >= 11 is 0. The predicted molar refractivity (Wildman–Crippen MR) is 133 cm³/mol. The fraction of sp³-hybridized carbons (Fsp3) is 0.900. The van der Waals surface area contributed by atoms with Gasteiger partial charge in [-0.25, -0.2) is 0 Å². The lowest BCUT2D eigenvalue weighted by Crippen LogP contribution is -2.67. The molecule has 3 heteroatoms. The van der Waals surface area contributed by atoms with Gasteiger partial charge in [-0.15, -0.1) is 0 Å². The van der Waals surface area contributed by atoms with Crippen LogP contribution < -0.4 is 0 Å². The van der Waals surface area contributed by atoms with E-state index in [2.05, 4.69) is 48.1 Å². The number of hydrogen-bond acceptors (Lipinski definition) is 2. The van der Waals surface area contributed by atoms with Gasteiger partial charge < -0.3 is 10.2 Å². The van der Waals surface area contributed by atoms with Crippen molar-refractivity contribution in [2.24, 2.45) is 56.7 Å². The van der Waals surface area contributed by atoms with Crippen molar-refractivity contribution in [1.82, 2.24) is 0 Å². The van der Waals surface area contributed by atoms with E-state index in [9.17, 15) is 15.0 Å². The molecule has 5 saturated carbocycles. The van der Waals surface area contributed by atoms with Gasteiger partial charge >= 0.3 is 5.97 Å². The lowest BCUT2D eigenvalue weighted by molar-refractivity contribution is -0.248. The highest BCUT2D eigenvalue weighted by Crippen LogP contribution is 2.77.